The van der Waals surface area contributed by atoms with Crippen LogP contribution in [0.5, 0.6) is 5.75 Å². The number of hydrogen-bond acceptors (Lipinski definition) is 4. The van der Waals surface area contributed by atoms with Gasteiger partial charge < -0.3 is 10.1 Å². The number of anilines is 1. The van der Waals surface area contributed by atoms with Gasteiger partial charge in [-0.15, -0.1) is 0 Å². The zero-order valence-corrected chi connectivity index (χ0v) is 21.0. The first-order chi connectivity index (χ1) is 16.2. The van der Waals surface area contributed by atoms with Gasteiger partial charge in [0.1, 0.15) is 12.3 Å². The van der Waals surface area contributed by atoms with Crippen LogP contribution < -0.4 is 14.4 Å². The Bertz CT molecular complexity index is 1180. The maximum Gasteiger partial charge on any atom is 0.264 e. The minimum atomic E-state index is -4.00. The predicted octanol–water partition coefficient (Wildman–Crippen LogP) is 5.45. The number of carbonyl (C=O) groups is 1. The Morgan fingerprint density at radius 3 is 2.15 bits per heavy atom. The first-order valence-electron chi connectivity index (χ1n) is 11.0. The lowest BCUT2D eigenvalue weighted by molar-refractivity contribution is -0.120. The van der Waals surface area contributed by atoms with Gasteiger partial charge in [0.15, 0.2) is 0 Å². The van der Waals surface area contributed by atoms with Crippen molar-refractivity contribution in [3.63, 3.8) is 0 Å². The highest BCUT2D eigenvalue weighted by atomic mass is 35.5. The van der Waals surface area contributed by atoms with Crippen LogP contribution in [-0.4, -0.2) is 28.0 Å². The van der Waals surface area contributed by atoms with E-state index in [4.69, 9.17) is 16.3 Å². The molecule has 3 aromatic carbocycles. The monoisotopic (exact) mass is 500 g/mol. The summed E-state index contributed by atoms with van der Waals surface area (Å²) in [5.74, 6) is 0.640. The normalized spacial score (nSPS) is 12.3. The number of halogens is 1. The molecule has 3 aromatic rings. The summed E-state index contributed by atoms with van der Waals surface area (Å²) in [7, 11) is -2.40. The van der Waals surface area contributed by atoms with Crippen LogP contribution in [0.25, 0.3) is 0 Å². The fourth-order valence-corrected chi connectivity index (χ4v) is 5.15. The molecule has 3 rings (SSSR count). The molecule has 34 heavy (non-hydrogen) atoms. The average molecular weight is 501 g/mol. The predicted molar refractivity (Wildman–Crippen MR) is 136 cm³/mol. The molecule has 6 nitrogen and oxygen atoms in total. The fraction of sp³-hybridized carbons (Fsp3) is 0.269. The minimum Gasteiger partial charge on any atom is -0.497 e. The fourth-order valence-electron chi connectivity index (χ4n) is 3.60. The Morgan fingerprint density at radius 1 is 0.971 bits per heavy atom. The number of ether oxygens (including phenoxy) is 1. The van der Waals surface area contributed by atoms with Gasteiger partial charge in [-0.2, -0.15) is 0 Å². The van der Waals surface area contributed by atoms with Crippen LogP contribution in [0.1, 0.15) is 31.9 Å². The van der Waals surface area contributed by atoms with Crippen molar-refractivity contribution in [1.82, 2.24) is 5.32 Å². The van der Waals surface area contributed by atoms with Gasteiger partial charge in [-0.05, 0) is 66.4 Å². The number of para-hydroxylation sites is 1. The SMILES string of the molecule is COc1ccc([C@@H](CC(C)C)NC(=O)CN(c2ccccc2)S(=O)(=O)c2ccc(Cl)cc2)cc1. The second-order valence-electron chi connectivity index (χ2n) is 8.32. The molecule has 0 aliphatic carbocycles. The maximum atomic E-state index is 13.5. The van der Waals surface area contributed by atoms with E-state index < -0.39 is 15.9 Å². The molecule has 1 N–H and O–H groups in total. The van der Waals surface area contributed by atoms with E-state index >= 15 is 0 Å². The molecule has 0 spiro atoms. The van der Waals surface area contributed by atoms with Gasteiger partial charge in [-0.3, -0.25) is 9.10 Å². The molecule has 0 fully saturated rings. The summed E-state index contributed by atoms with van der Waals surface area (Å²) in [5.41, 5.74) is 1.33. The zero-order chi connectivity index (χ0) is 24.7. The van der Waals surface area contributed by atoms with Gasteiger partial charge in [0.2, 0.25) is 5.91 Å². The van der Waals surface area contributed by atoms with Crippen LogP contribution in [0.3, 0.4) is 0 Å². The van der Waals surface area contributed by atoms with E-state index in [9.17, 15) is 13.2 Å². The smallest absolute Gasteiger partial charge is 0.264 e. The summed E-state index contributed by atoms with van der Waals surface area (Å²) in [4.78, 5) is 13.2. The van der Waals surface area contributed by atoms with Crippen LogP contribution in [0, 0.1) is 5.92 Å². The van der Waals surface area contributed by atoms with E-state index in [2.05, 4.69) is 19.2 Å². The number of nitrogens with zero attached hydrogens (tertiary/aromatic N) is 1. The molecular weight excluding hydrogens is 472 g/mol. The molecule has 0 radical (unpaired) electrons. The molecule has 1 atom stereocenters. The second kappa shape index (κ2) is 11.4. The van der Waals surface area contributed by atoms with Crippen molar-refractivity contribution in [3.8, 4) is 5.75 Å². The first kappa shape index (κ1) is 25.6. The Morgan fingerprint density at radius 2 is 1.59 bits per heavy atom. The van der Waals surface area contributed by atoms with E-state index in [-0.39, 0.29) is 17.5 Å². The molecule has 0 bridgehead atoms. The van der Waals surface area contributed by atoms with Crippen molar-refractivity contribution in [2.45, 2.75) is 31.2 Å². The lowest BCUT2D eigenvalue weighted by Gasteiger charge is -2.26. The highest BCUT2D eigenvalue weighted by Gasteiger charge is 2.28. The molecule has 0 saturated heterocycles. The Kier molecular flexibility index (Phi) is 8.58. The lowest BCUT2D eigenvalue weighted by Crippen LogP contribution is -2.42. The number of sulfonamides is 1. The third-order valence-electron chi connectivity index (χ3n) is 5.29. The molecule has 0 unspecified atom stereocenters. The largest absolute Gasteiger partial charge is 0.497 e. The van der Waals surface area contributed by atoms with Crippen LogP contribution in [0.15, 0.2) is 83.8 Å². The number of amides is 1. The first-order valence-corrected chi connectivity index (χ1v) is 12.8. The molecule has 0 heterocycles. The molecule has 0 aliphatic heterocycles. The number of benzene rings is 3. The van der Waals surface area contributed by atoms with Crippen molar-refractivity contribution >= 4 is 33.2 Å². The van der Waals surface area contributed by atoms with Crippen molar-refractivity contribution in [1.29, 1.82) is 0 Å². The number of hydrogen-bond donors (Lipinski definition) is 1. The third-order valence-corrected chi connectivity index (χ3v) is 7.33. The molecule has 180 valence electrons. The topological polar surface area (TPSA) is 75.7 Å². The molecule has 0 aliphatic rings. The Balaban J connectivity index is 1.88. The van der Waals surface area contributed by atoms with Crippen molar-refractivity contribution in [2.75, 3.05) is 18.0 Å². The van der Waals surface area contributed by atoms with Gasteiger partial charge >= 0.3 is 0 Å². The Labute approximate surface area is 206 Å². The summed E-state index contributed by atoms with van der Waals surface area (Å²) in [5, 5.41) is 3.46. The van der Waals surface area contributed by atoms with Gasteiger partial charge in [-0.25, -0.2) is 8.42 Å². The van der Waals surface area contributed by atoms with Crippen LogP contribution in [0.2, 0.25) is 5.02 Å². The van der Waals surface area contributed by atoms with Crippen molar-refractivity contribution < 1.29 is 17.9 Å². The quantitative estimate of drug-likeness (QED) is 0.401. The van der Waals surface area contributed by atoms with Crippen molar-refractivity contribution in [2.24, 2.45) is 5.92 Å². The van der Waals surface area contributed by atoms with E-state index in [0.29, 0.717) is 23.0 Å². The van der Waals surface area contributed by atoms with Crippen LogP contribution in [0.4, 0.5) is 5.69 Å². The summed E-state index contributed by atoms with van der Waals surface area (Å²) >= 11 is 5.94. The molecule has 1 amide bonds. The average Bonchev–Trinajstić information content (AvgIpc) is 2.82. The number of carbonyl (C=O) groups excluding carboxylic acids is 1. The van der Waals surface area contributed by atoms with E-state index in [1.165, 1.54) is 24.3 Å². The van der Waals surface area contributed by atoms with E-state index in [1.807, 2.05) is 24.3 Å². The van der Waals surface area contributed by atoms with Gasteiger partial charge in [0.25, 0.3) is 10.0 Å². The third kappa shape index (κ3) is 6.52. The summed E-state index contributed by atoms with van der Waals surface area (Å²) < 4.78 is 33.3. The van der Waals surface area contributed by atoms with Gasteiger partial charge in [-0.1, -0.05) is 55.8 Å². The molecule has 0 saturated carbocycles. The number of nitrogens with one attached hydrogen (secondary N) is 1. The summed E-state index contributed by atoms with van der Waals surface area (Å²) in [6.45, 7) is 3.79. The van der Waals surface area contributed by atoms with Crippen LogP contribution >= 0.6 is 11.6 Å². The highest BCUT2D eigenvalue weighted by Crippen LogP contribution is 2.26. The van der Waals surface area contributed by atoms with E-state index in [1.54, 1.807) is 37.4 Å². The van der Waals surface area contributed by atoms with Gasteiger partial charge in [0, 0.05) is 5.02 Å². The van der Waals surface area contributed by atoms with Gasteiger partial charge in [0.05, 0.1) is 23.7 Å². The maximum absolute atomic E-state index is 13.5. The highest BCUT2D eigenvalue weighted by molar-refractivity contribution is 7.92. The number of rotatable bonds is 10. The molecular formula is C26H29ClN2O4S. The standard InChI is InChI=1S/C26H29ClN2O4S/c1-19(2)17-25(20-9-13-23(33-3)14-10-20)28-26(30)18-29(22-7-5-4-6-8-22)34(31,32)24-15-11-21(27)12-16-24/h4-16,19,25H,17-18H2,1-3H3,(H,28,30)/t25-/m1/s1. The van der Waals surface area contributed by atoms with Crippen LogP contribution in [-0.2, 0) is 14.8 Å². The molecule has 8 heteroatoms. The minimum absolute atomic E-state index is 0.0578. The lowest BCUT2D eigenvalue weighted by atomic mass is 9.97. The van der Waals surface area contributed by atoms with Crippen molar-refractivity contribution in [3.05, 3.63) is 89.4 Å². The molecule has 0 aromatic heterocycles. The summed E-state index contributed by atoms with van der Waals surface area (Å²) in [6.07, 6.45) is 0.702. The second-order valence-corrected chi connectivity index (χ2v) is 10.6. The Hall–Kier alpha value is -3.03. The summed E-state index contributed by atoms with van der Waals surface area (Å²) in [6, 6.07) is 21.7. The van der Waals surface area contributed by atoms with E-state index in [0.717, 1.165) is 15.6 Å². The zero-order valence-electron chi connectivity index (χ0n) is 19.4. The number of methoxy groups -OCH3 is 1.